The molecule has 8 heteroatoms. The Bertz CT molecular complexity index is 659. The van der Waals surface area contributed by atoms with Gasteiger partial charge in [0.2, 0.25) is 0 Å². The summed E-state index contributed by atoms with van der Waals surface area (Å²) in [6, 6.07) is 2.75. The monoisotopic (exact) mass is 311 g/mol. The minimum Gasteiger partial charge on any atom is -0.476 e. The molecule has 1 unspecified atom stereocenters. The van der Waals surface area contributed by atoms with E-state index in [0.29, 0.717) is 5.01 Å². The molecule has 2 rings (SSSR count). The molecule has 6 nitrogen and oxygen atoms in total. The Hall–Kier alpha value is -1.99. The first-order valence-corrected chi connectivity index (χ1v) is 6.85. The van der Waals surface area contributed by atoms with Crippen molar-refractivity contribution in [2.45, 2.75) is 13.0 Å². The molecule has 2 aromatic heterocycles. The predicted molar refractivity (Wildman–Crippen MR) is 74.2 cm³/mol. The number of carboxylic acids is 1. The number of amides is 1. The van der Waals surface area contributed by atoms with Crippen LogP contribution in [-0.4, -0.2) is 27.0 Å². The molecule has 0 radical (unpaired) electrons. The highest BCUT2D eigenvalue weighted by molar-refractivity contribution is 7.09. The van der Waals surface area contributed by atoms with E-state index in [0.717, 1.165) is 0 Å². The Balaban J connectivity index is 2.11. The van der Waals surface area contributed by atoms with Crippen LogP contribution in [0.5, 0.6) is 0 Å². The number of nitrogens with one attached hydrogen (secondary N) is 1. The maximum absolute atomic E-state index is 12.0. The molecule has 1 amide bonds. The zero-order valence-electron chi connectivity index (χ0n) is 10.3. The van der Waals surface area contributed by atoms with Crippen molar-refractivity contribution in [2.24, 2.45) is 0 Å². The second-order valence-electron chi connectivity index (χ2n) is 3.91. The quantitative estimate of drug-likeness (QED) is 0.846. The van der Waals surface area contributed by atoms with Crippen LogP contribution in [0.3, 0.4) is 0 Å². The number of thiazole rings is 1. The van der Waals surface area contributed by atoms with Gasteiger partial charge in [-0.25, -0.2) is 14.8 Å². The van der Waals surface area contributed by atoms with E-state index in [1.165, 1.54) is 22.9 Å². The normalized spacial score (nSPS) is 11.9. The van der Waals surface area contributed by atoms with Crippen LogP contribution in [0, 0.1) is 0 Å². The molecule has 1 atom stereocenters. The fraction of sp³-hybridized carbons (Fsp3) is 0.167. The van der Waals surface area contributed by atoms with Gasteiger partial charge < -0.3 is 10.4 Å². The number of carbonyl (C=O) groups excluding carboxylic acids is 1. The van der Waals surface area contributed by atoms with Crippen LogP contribution in [0.4, 0.5) is 0 Å². The molecule has 0 aliphatic carbocycles. The van der Waals surface area contributed by atoms with Crippen LogP contribution in [0.25, 0.3) is 0 Å². The molecule has 0 aromatic carbocycles. The summed E-state index contributed by atoms with van der Waals surface area (Å²) in [4.78, 5) is 30.5. The first-order chi connectivity index (χ1) is 9.49. The van der Waals surface area contributed by atoms with E-state index in [1.54, 1.807) is 19.1 Å². The van der Waals surface area contributed by atoms with Gasteiger partial charge in [0.25, 0.3) is 5.91 Å². The Labute approximate surface area is 123 Å². The number of aromatic carboxylic acids is 1. The fourth-order valence-corrected chi connectivity index (χ4v) is 2.48. The van der Waals surface area contributed by atoms with Crippen molar-refractivity contribution in [1.82, 2.24) is 15.3 Å². The van der Waals surface area contributed by atoms with Crippen LogP contribution >= 0.6 is 22.9 Å². The van der Waals surface area contributed by atoms with Gasteiger partial charge in [-0.3, -0.25) is 4.79 Å². The SMILES string of the molecule is CC(NC(=O)c1cccnc1Cl)c1nc(C(=O)O)cs1. The lowest BCUT2D eigenvalue weighted by Crippen LogP contribution is -2.27. The van der Waals surface area contributed by atoms with Gasteiger partial charge in [0.1, 0.15) is 10.2 Å². The summed E-state index contributed by atoms with van der Waals surface area (Å²) < 4.78 is 0. The minimum absolute atomic E-state index is 0.0366. The van der Waals surface area contributed by atoms with Crippen molar-refractivity contribution >= 4 is 34.8 Å². The smallest absolute Gasteiger partial charge is 0.355 e. The van der Waals surface area contributed by atoms with Gasteiger partial charge in [0, 0.05) is 11.6 Å². The molecule has 0 bridgehead atoms. The summed E-state index contributed by atoms with van der Waals surface area (Å²) in [5, 5.41) is 13.6. The summed E-state index contributed by atoms with van der Waals surface area (Å²) in [6.45, 7) is 1.71. The summed E-state index contributed by atoms with van der Waals surface area (Å²) in [6.07, 6.45) is 1.49. The lowest BCUT2D eigenvalue weighted by atomic mass is 10.2. The van der Waals surface area contributed by atoms with Crippen molar-refractivity contribution in [3.05, 3.63) is 45.1 Å². The number of carbonyl (C=O) groups is 2. The van der Waals surface area contributed by atoms with Crippen molar-refractivity contribution in [3.8, 4) is 0 Å². The van der Waals surface area contributed by atoms with E-state index in [2.05, 4.69) is 15.3 Å². The average molecular weight is 312 g/mol. The molecule has 20 heavy (non-hydrogen) atoms. The molecule has 2 N–H and O–H groups in total. The topological polar surface area (TPSA) is 92.2 Å². The lowest BCUT2D eigenvalue weighted by Gasteiger charge is -2.11. The number of rotatable bonds is 4. The zero-order chi connectivity index (χ0) is 14.7. The molecule has 0 saturated carbocycles. The second kappa shape index (κ2) is 5.98. The highest BCUT2D eigenvalue weighted by atomic mass is 35.5. The van der Waals surface area contributed by atoms with Gasteiger partial charge in [-0.2, -0.15) is 0 Å². The molecule has 0 aliphatic rings. The van der Waals surface area contributed by atoms with Crippen molar-refractivity contribution in [2.75, 3.05) is 0 Å². The van der Waals surface area contributed by atoms with Crippen molar-refractivity contribution in [3.63, 3.8) is 0 Å². The van der Waals surface area contributed by atoms with E-state index in [9.17, 15) is 9.59 Å². The van der Waals surface area contributed by atoms with Crippen molar-refractivity contribution < 1.29 is 14.7 Å². The summed E-state index contributed by atoms with van der Waals surface area (Å²) in [5.74, 6) is -1.48. The molecule has 104 valence electrons. The molecule has 0 spiro atoms. The standard InChI is InChI=1S/C12H10ClN3O3S/c1-6(11-16-8(5-20-11)12(18)19)15-10(17)7-3-2-4-14-9(7)13/h2-6H,1H3,(H,15,17)(H,18,19). The number of halogens is 1. The third kappa shape index (κ3) is 3.12. The largest absolute Gasteiger partial charge is 0.476 e. The maximum Gasteiger partial charge on any atom is 0.355 e. The van der Waals surface area contributed by atoms with E-state index < -0.39 is 12.0 Å². The van der Waals surface area contributed by atoms with Crippen LogP contribution in [-0.2, 0) is 0 Å². The Morgan fingerprint density at radius 3 is 2.85 bits per heavy atom. The van der Waals surface area contributed by atoms with E-state index in [4.69, 9.17) is 16.7 Å². The predicted octanol–water partition coefficient (Wildman–Crippen LogP) is 2.38. The van der Waals surface area contributed by atoms with Gasteiger partial charge >= 0.3 is 5.97 Å². The Morgan fingerprint density at radius 1 is 1.50 bits per heavy atom. The highest BCUT2D eigenvalue weighted by Crippen LogP contribution is 2.19. The molecular weight excluding hydrogens is 302 g/mol. The Morgan fingerprint density at radius 2 is 2.25 bits per heavy atom. The van der Waals surface area contributed by atoms with Crippen LogP contribution < -0.4 is 5.32 Å². The van der Waals surface area contributed by atoms with Gasteiger partial charge in [-0.15, -0.1) is 11.3 Å². The van der Waals surface area contributed by atoms with Gasteiger partial charge in [0.05, 0.1) is 11.6 Å². The Kier molecular flexibility index (Phi) is 4.31. The van der Waals surface area contributed by atoms with Crippen molar-refractivity contribution in [1.29, 1.82) is 0 Å². The number of carboxylic acid groups (broad SMARTS) is 1. The van der Waals surface area contributed by atoms with Crippen LogP contribution in [0.2, 0.25) is 5.15 Å². The molecule has 2 heterocycles. The lowest BCUT2D eigenvalue weighted by molar-refractivity contribution is 0.0691. The summed E-state index contributed by atoms with van der Waals surface area (Å²) in [5.41, 5.74) is 0.224. The molecule has 0 aliphatic heterocycles. The first kappa shape index (κ1) is 14.4. The molecular formula is C12H10ClN3O3S. The maximum atomic E-state index is 12.0. The fourth-order valence-electron chi connectivity index (χ4n) is 1.48. The van der Waals surface area contributed by atoms with E-state index in [-0.39, 0.29) is 22.3 Å². The zero-order valence-corrected chi connectivity index (χ0v) is 11.9. The van der Waals surface area contributed by atoms with E-state index in [1.807, 2.05) is 0 Å². The third-order valence-corrected chi connectivity index (χ3v) is 3.79. The highest BCUT2D eigenvalue weighted by Gasteiger charge is 2.18. The van der Waals surface area contributed by atoms with Crippen LogP contribution in [0.1, 0.15) is 38.8 Å². The van der Waals surface area contributed by atoms with E-state index >= 15 is 0 Å². The van der Waals surface area contributed by atoms with Crippen LogP contribution in [0.15, 0.2) is 23.7 Å². The van der Waals surface area contributed by atoms with Gasteiger partial charge in [-0.1, -0.05) is 11.6 Å². The summed E-state index contributed by atoms with van der Waals surface area (Å²) >= 11 is 7.00. The third-order valence-electron chi connectivity index (χ3n) is 2.46. The molecule has 0 saturated heterocycles. The summed E-state index contributed by atoms with van der Waals surface area (Å²) in [7, 11) is 0. The number of hydrogen-bond donors (Lipinski definition) is 2. The second-order valence-corrected chi connectivity index (χ2v) is 5.16. The molecule has 2 aromatic rings. The first-order valence-electron chi connectivity index (χ1n) is 5.59. The van der Waals surface area contributed by atoms with Gasteiger partial charge in [-0.05, 0) is 19.1 Å². The number of nitrogens with zero attached hydrogens (tertiary/aromatic N) is 2. The number of hydrogen-bond acceptors (Lipinski definition) is 5. The van der Waals surface area contributed by atoms with Gasteiger partial charge in [0.15, 0.2) is 5.69 Å². The number of aromatic nitrogens is 2. The molecule has 0 fully saturated rings. The average Bonchev–Trinajstić information content (AvgIpc) is 2.88. The minimum atomic E-state index is -1.10. The number of pyridine rings is 1.